The van der Waals surface area contributed by atoms with E-state index in [0.717, 1.165) is 24.5 Å². The molecule has 10 heteroatoms. The van der Waals surface area contributed by atoms with Gasteiger partial charge in [0.25, 0.3) is 0 Å². The lowest BCUT2D eigenvalue weighted by Crippen LogP contribution is -2.54. The Morgan fingerprint density at radius 2 is 1.76 bits per heavy atom. The Morgan fingerprint density at radius 1 is 1.11 bits per heavy atom. The Balaban J connectivity index is 1.27. The van der Waals surface area contributed by atoms with Gasteiger partial charge >= 0.3 is 18.2 Å². The molecule has 2 bridgehead atoms. The normalized spacial score (nSPS) is 22.9. The number of piperazine rings is 1. The first-order valence-electron chi connectivity index (χ1n) is 13.5. The number of anilines is 1. The Bertz CT molecular complexity index is 1030. The molecule has 4 amide bonds. The Labute approximate surface area is 223 Å². The number of amides is 4. The molecular formula is C28H40F3N5O2. The van der Waals surface area contributed by atoms with Gasteiger partial charge in [0.05, 0.1) is 5.56 Å². The highest BCUT2D eigenvalue weighted by Gasteiger charge is 2.51. The molecule has 1 aromatic rings. The maximum absolute atomic E-state index is 13.0. The van der Waals surface area contributed by atoms with Gasteiger partial charge in [-0.25, -0.2) is 9.59 Å². The molecule has 1 heterocycles. The van der Waals surface area contributed by atoms with E-state index in [1.807, 2.05) is 18.7 Å². The summed E-state index contributed by atoms with van der Waals surface area (Å²) < 4.78 is 38.3. The van der Waals surface area contributed by atoms with E-state index >= 15 is 0 Å². The summed E-state index contributed by atoms with van der Waals surface area (Å²) in [6, 6.07) is 4.13. The zero-order valence-electron chi connectivity index (χ0n) is 22.8. The third-order valence-corrected chi connectivity index (χ3v) is 8.46. The van der Waals surface area contributed by atoms with E-state index in [4.69, 9.17) is 0 Å². The number of nitrogens with zero attached hydrogens (tertiary/aromatic N) is 3. The average Bonchev–Trinajstić information content (AvgIpc) is 2.86. The molecule has 1 aromatic carbocycles. The van der Waals surface area contributed by atoms with Crippen LogP contribution in [0.1, 0.15) is 46.1 Å². The highest BCUT2D eigenvalue weighted by atomic mass is 19.4. The first-order chi connectivity index (χ1) is 17.8. The van der Waals surface area contributed by atoms with E-state index < -0.39 is 11.7 Å². The summed E-state index contributed by atoms with van der Waals surface area (Å²) in [5, 5.41) is 5.73. The van der Waals surface area contributed by atoms with Crippen molar-refractivity contribution in [2.45, 2.75) is 52.8 Å². The van der Waals surface area contributed by atoms with E-state index in [-0.39, 0.29) is 18.1 Å². The second-order valence-corrected chi connectivity index (χ2v) is 11.7. The number of halogens is 3. The van der Waals surface area contributed by atoms with Crippen molar-refractivity contribution in [3.63, 3.8) is 0 Å². The molecule has 3 aliphatic carbocycles. The van der Waals surface area contributed by atoms with Crippen molar-refractivity contribution >= 4 is 17.7 Å². The minimum absolute atomic E-state index is 0.0466. The average molecular weight is 536 g/mol. The number of hydrogen-bond donors (Lipinski definition) is 2. The zero-order chi connectivity index (χ0) is 27.7. The van der Waals surface area contributed by atoms with E-state index in [0.29, 0.717) is 62.8 Å². The van der Waals surface area contributed by atoms with Crippen molar-refractivity contribution in [2.24, 2.45) is 17.3 Å². The smallest absolute Gasteiger partial charge is 0.336 e. The van der Waals surface area contributed by atoms with Crippen molar-refractivity contribution in [1.29, 1.82) is 0 Å². The van der Waals surface area contributed by atoms with Gasteiger partial charge in [0, 0.05) is 57.5 Å². The maximum Gasteiger partial charge on any atom is 0.416 e. The van der Waals surface area contributed by atoms with E-state index in [1.54, 1.807) is 4.90 Å². The summed E-state index contributed by atoms with van der Waals surface area (Å²) >= 11 is 0. The van der Waals surface area contributed by atoms with Crippen molar-refractivity contribution in [3.05, 3.63) is 41.5 Å². The van der Waals surface area contributed by atoms with Gasteiger partial charge in [0.2, 0.25) is 0 Å². The standard InChI is InChI=1S/C28H40F3N5O2/c1-19(2)32-25(37)36(18-20-5-6-22-17-24(20)27(22,3)4)16-13-34-11-14-35(15-12-34)26(38)33-23-9-7-21(8-10-23)28(29,30)31/h5,7-10,19,22,24H,6,11-18H2,1-4H3,(H,32,37)(H,33,38). The second-order valence-electron chi connectivity index (χ2n) is 11.7. The molecule has 1 saturated heterocycles. The van der Waals surface area contributed by atoms with E-state index in [9.17, 15) is 22.8 Å². The molecule has 0 aromatic heterocycles. The molecule has 2 fully saturated rings. The van der Waals surface area contributed by atoms with Crippen LogP contribution in [-0.4, -0.2) is 78.6 Å². The van der Waals surface area contributed by atoms with Crippen LogP contribution in [-0.2, 0) is 6.18 Å². The monoisotopic (exact) mass is 535 g/mol. The number of benzene rings is 1. The molecule has 2 unspecified atom stereocenters. The summed E-state index contributed by atoms with van der Waals surface area (Å²) in [5.41, 5.74) is 1.26. The van der Waals surface area contributed by atoms with Gasteiger partial charge in [-0.3, -0.25) is 4.90 Å². The number of urea groups is 2. The van der Waals surface area contributed by atoms with E-state index in [2.05, 4.69) is 35.5 Å². The lowest BCUT2D eigenvalue weighted by molar-refractivity contribution is -0.137. The van der Waals surface area contributed by atoms with Crippen molar-refractivity contribution in [2.75, 3.05) is 51.1 Å². The Hall–Kier alpha value is -2.75. The van der Waals surface area contributed by atoms with Gasteiger partial charge in [-0.05, 0) is 68.2 Å². The molecular weight excluding hydrogens is 495 g/mol. The fourth-order valence-corrected chi connectivity index (χ4v) is 5.85. The fourth-order valence-electron chi connectivity index (χ4n) is 5.85. The van der Waals surface area contributed by atoms with Crippen LogP contribution in [0.2, 0.25) is 0 Å². The van der Waals surface area contributed by atoms with Gasteiger partial charge in [-0.1, -0.05) is 25.5 Å². The van der Waals surface area contributed by atoms with Gasteiger partial charge in [0.1, 0.15) is 0 Å². The summed E-state index contributed by atoms with van der Waals surface area (Å²) in [7, 11) is 0. The molecule has 210 valence electrons. The summed E-state index contributed by atoms with van der Waals surface area (Å²) in [6.45, 7) is 12.9. The minimum atomic E-state index is -4.41. The molecule has 2 N–H and O–H groups in total. The van der Waals surface area contributed by atoms with Crippen LogP contribution in [0, 0.1) is 17.3 Å². The Morgan fingerprint density at radius 3 is 2.32 bits per heavy atom. The number of allylic oxidation sites excluding steroid dienone is 1. The first kappa shape index (κ1) is 28.3. The molecule has 2 atom stereocenters. The largest absolute Gasteiger partial charge is 0.416 e. The third kappa shape index (κ3) is 6.45. The molecule has 1 aliphatic heterocycles. The molecule has 7 nitrogen and oxygen atoms in total. The number of carbonyl (C=O) groups is 2. The van der Waals surface area contributed by atoms with Gasteiger partial charge < -0.3 is 20.4 Å². The summed E-state index contributed by atoms with van der Waals surface area (Å²) in [6.07, 6.45) is 0.242. The predicted molar refractivity (Wildman–Crippen MR) is 142 cm³/mol. The summed E-state index contributed by atoms with van der Waals surface area (Å²) in [5.74, 6) is 1.30. The highest BCUT2D eigenvalue weighted by Crippen LogP contribution is 2.59. The van der Waals surface area contributed by atoms with Crippen molar-refractivity contribution < 1.29 is 22.8 Å². The second kappa shape index (κ2) is 11.2. The number of hydrogen-bond acceptors (Lipinski definition) is 3. The zero-order valence-corrected chi connectivity index (χ0v) is 22.8. The van der Waals surface area contributed by atoms with Gasteiger partial charge in [-0.2, -0.15) is 13.2 Å². The van der Waals surface area contributed by atoms with Crippen LogP contribution in [0.25, 0.3) is 0 Å². The Kier molecular flexibility index (Phi) is 8.30. The fraction of sp³-hybridized carbons (Fsp3) is 0.643. The molecule has 0 spiro atoms. The van der Waals surface area contributed by atoms with Gasteiger partial charge in [-0.15, -0.1) is 0 Å². The van der Waals surface area contributed by atoms with Crippen LogP contribution in [0.4, 0.5) is 28.4 Å². The predicted octanol–water partition coefficient (Wildman–Crippen LogP) is 5.27. The van der Waals surface area contributed by atoms with Crippen LogP contribution in [0.5, 0.6) is 0 Å². The first-order valence-corrected chi connectivity index (χ1v) is 13.5. The van der Waals surface area contributed by atoms with Crippen molar-refractivity contribution in [1.82, 2.24) is 20.0 Å². The number of fused-ring (bicyclic) bond motifs is 1. The minimum Gasteiger partial charge on any atom is -0.336 e. The van der Waals surface area contributed by atoms with Crippen LogP contribution in [0.15, 0.2) is 35.9 Å². The number of rotatable bonds is 7. The number of carbonyl (C=O) groups excluding carboxylic acids is 2. The SMILES string of the molecule is CC(C)NC(=O)N(CCN1CCN(C(=O)Nc2ccc(C(F)(F)F)cc2)CC1)CC1=CCC2CC1C2(C)C. The quantitative estimate of drug-likeness (QED) is 0.468. The maximum atomic E-state index is 13.0. The van der Waals surface area contributed by atoms with Crippen LogP contribution < -0.4 is 10.6 Å². The van der Waals surface area contributed by atoms with E-state index in [1.165, 1.54) is 24.1 Å². The van der Waals surface area contributed by atoms with Gasteiger partial charge in [0.15, 0.2) is 0 Å². The van der Waals surface area contributed by atoms with Crippen molar-refractivity contribution in [3.8, 4) is 0 Å². The highest BCUT2D eigenvalue weighted by molar-refractivity contribution is 5.89. The summed E-state index contributed by atoms with van der Waals surface area (Å²) in [4.78, 5) is 31.5. The molecule has 5 rings (SSSR count). The molecule has 4 aliphatic rings. The van der Waals surface area contributed by atoms with Crippen LogP contribution >= 0.6 is 0 Å². The number of nitrogens with one attached hydrogen (secondary N) is 2. The lowest BCUT2D eigenvalue weighted by atomic mass is 9.49. The molecule has 1 saturated carbocycles. The molecule has 38 heavy (non-hydrogen) atoms. The van der Waals surface area contributed by atoms with Crippen LogP contribution in [0.3, 0.4) is 0 Å². The topological polar surface area (TPSA) is 67.9 Å². The number of alkyl halides is 3. The third-order valence-electron chi connectivity index (χ3n) is 8.46. The molecule has 0 radical (unpaired) electrons. The lowest BCUT2D eigenvalue weighted by Gasteiger charge is -2.57.